The first-order valence-corrected chi connectivity index (χ1v) is 6.34. The lowest BCUT2D eigenvalue weighted by molar-refractivity contribution is 0.0612. The van der Waals surface area contributed by atoms with E-state index < -0.39 is 6.10 Å². The van der Waals surface area contributed by atoms with Crippen molar-refractivity contribution in [2.45, 2.75) is 19.1 Å². The molecule has 1 saturated heterocycles. The average molecular weight is 253 g/mol. The van der Waals surface area contributed by atoms with Gasteiger partial charge in [0.1, 0.15) is 5.82 Å². The number of rotatable bonds is 5. The zero-order valence-corrected chi connectivity index (χ0v) is 10.7. The predicted molar refractivity (Wildman–Crippen MR) is 67.7 cm³/mol. The first kappa shape index (κ1) is 13.5. The molecule has 0 bridgehead atoms. The molecule has 2 rings (SSSR count). The van der Waals surface area contributed by atoms with Crippen molar-refractivity contribution in [2.75, 3.05) is 26.8 Å². The van der Waals surface area contributed by atoms with Gasteiger partial charge in [-0.25, -0.2) is 4.39 Å². The molecular formula is C14H20FNO2. The predicted octanol–water partition coefficient (Wildman–Crippen LogP) is 1.65. The maximum absolute atomic E-state index is 13.5. The summed E-state index contributed by atoms with van der Waals surface area (Å²) in [6.45, 7) is 2.42. The van der Waals surface area contributed by atoms with Crippen molar-refractivity contribution < 1.29 is 14.2 Å². The van der Waals surface area contributed by atoms with E-state index in [-0.39, 0.29) is 11.7 Å². The van der Waals surface area contributed by atoms with E-state index in [1.807, 2.05) is 18.0 Å². The SMILES string of the molecule is CN(Cc1ccccc1F)CC(O)C1CCOC1. The molecule has 1 heterocycles. The van der Waals surface area contributed by atoms with Gasteiger partial charge in [-0.15, -0.1) is 0 Å². The van der Waals surface area contributed by atoms with E-state index in [0.717, 1.165) is 13.0 Å². The van der Waals surface area contributed by atoms with Gasteiger partial charge >= 0.3 is 0 Å². The largest absolute Gasteiger partial charge is 0.391 e. The highest BCUT2D eigenvalue weighted by molar-refractivity contribution is 5.16. The number of hydrogen-bond acceptors (Lipinski definition) is 3. The van der Waals surface area contributed by atoms with Crippen molar-refractivity contribution in [2.24, 2.45) is 5.92 Å². The van der Waals surface area contributed by atoms with Gasteiger partial charge in [-0.2, -0.15) is 0 Å². The minimum Gasteiger partial charge on any atom is -0.391 e. The molecule has 4 heteroatoms. The number of halogens is 1. The van der Waals surface area contributed by atoms with Crippen LogP contribution in [-0.4, -0.2) is 42.9 Å². The van der Waals surface area contributed by atoms with Gasteiger partial charge < -0.3 is 9.84 Å². The fourth-order valence-corrected chi connectivity index (χ4v) is 2.31. The van der Waals surface area contributed by atoms with Crippen molar-refractivity contribution in [3.63, 3.8) is 0 Å². The second-order valence-electron chi connectivity index (χ2n) is 4.98. The highest BCUT2D eigenvalue weighted by Gasteiger charge is 2.24. The van der Waals surface area contributed by atoms with E-state index in [1.54, 1.807) is 12.1 Å². The van der Waals surface area contributed by atoms with Crippen molar-refractivity contribution in [1.29, 1.82) is 0 Å². The van der Waals surface area contributed by atoms with Crippen LogP contribution in [0.4, 0.5) is 4.39 Å². The molecule has 1 fully saturated rings. The summed E-state index contributed by atoms with van der Waals surface area (Å²) in [6, 6.07) is 6.75. The van der Waals surface area contributed by atoms with E-state index in [4.69, 9.17) is 4.74 Å². The number of hydrogen-bond donors (Lipinski definition) is 1. The summed E-state index contributed by atoms with van der Waals surface area (Å²) in [6.07, 6.45) is 0.513. The molecular weight excluding hydrogens is 233 g/mol. The molecule has 1 N–H and O–H groups in total. The minimum absolute atomic E-state index is 0.192. The van der Waals surface area contributed by atoms with Gasteiger partial charge in [-0.3, -0.25) is 4.90 Å². The van der Waals surface area contributed by atoms with Crippen LogP contribution in [0.1, 0.15) is 12.0 Å². The number of likely N-dealkylation sites (N-methyl/N-ethyl adjacent to an activating group) is 1. The lowest BCUT2D eigenvalue weighted by atomic mass is 10.0. The van der Waals surface area contributed by atoms with E-state index in [1.165, 1.54) is 6.07 Å². The van der Waals surface area contributed by atoms with Gasteiger partial charge in [0.15, 0.2) is 0 Å². The van der Waals surface area contributed by atoms with Crippen LogP contribution < -0.4 is 0 Å². The fraction of sp³-hybridized carbons (Fsp3) is 0.571. The molecule has 0 aliphatic carbocycles. The van der Waals surface area contributed by atoms with Crippen molar-refractivity contribution in [3.8, 4) is 0 Å². The highest BCUT2D eigenvalue weighted by atomic mass is 19.1. The summed E-state index contributed by atoms with van der Waals surface area (Å²) in [5.74, 6) is 0.0242. The second-order valence-corrected chi connectivity index (χ2v) is 4.98. The topological polar surface area (TPSA) is 32.7 Å². The van der Waals surface area contributed by atoms with Crippen LogP contribution in [0, 0.1) is 11.7 Å². The summed E-state index contributed by atoms with van der Waals surface area (Å²) in [4.78, 5) is 1.95. The van der Waals surface area contributed by atoms with E-state index >= 15 is 0 Å². The molecule has 1 aromatic rings. The molecule has 1 aliphatic rings. The van der Waals surface area contributed by atoms with Crippen LogP contribution in [0.3, 0.4) is 0 Å². The molecule has 2 unspecified atom stereocenters. The Morgan fingerprint density at radius 1 is 1.50 bits per heavy atom. The Kier molecular flexibility index (Phi) is 4.69. The molecule has 2 atom stereocenters. The third-order valence-corrected chi connectivity index (χ3v) is 3.41. The van der Waals surface area contributed by atoms with Crippen LogP contribution in [0.5, 0.6) is 0 Å². The maximum atomic E-state index is 13.5. The lowest BCUT2D eigenvalue weighted by Gasteiger charge is -2.23. The Balaban J connectivity index is 1.84. The van der Waals surface area contributed by atoms with Crippen LogP contribution in [0.15, 0.2) is 24.3 Å². The van der Waals surface area contributed by atoms with E-state index in [0.29, 0.717) is 25.3 Å². The Hall–Kier alpha value is -0.970. The normalized spacial score (nSPS) is 21.4. The molecule has 0 saturated carbocycles. The molecule has 1 aliphatic heterocycles. The average Bonchev–Trinajstić information content (AvgIpc) is 2.85. The Morgan fingerprint density at radius 3 is 2.94 bits per heavy atom. The minimum atomic E-state index is -0.399. The number of benzene rings is 1. The van der Waals surface area contributed by atoms with Gasteiger partial charge in [0, 0.05) is 31.2 Å². The zero-order chi connectivity index (χ0) is 13.0. The summed E-state index contributed by atoms with van der Waals surface area (Å²) < 4.78 is 18.7. The molecule has 0 amide bonds. The van der Waals surface area contributed by atoms with E-state index in [9.17, 15) is 9.50 Å². The molecule has 0 radical (unpaired) electrons. The van der Waals surface area contributed by atoms with Crippen LogP contribution in [0.2, 0.25) is 0 Å². The molecule has 18 heavy (non-hydrogen) atoms. The third kappa shape index (κ3) is 3.51. The van der Waals surface area contributed by atoms with Gasteiger partial charge in [0.05, 0.1) is 12.7 Å². The van der Waals surface area contributed by atoms with Gasteiger partial charge in [-0.05, 0) is 19.5 Å². The van der Waals surface area contributed by atoms with Crippen LogP contribution in [-0.2, 0) is 11.3 Å². The third-order valence-electron chi connectivity index (χ3n) is 3.41. The standard InChI is InChI=1S/C14H20FNO2/c1-16(8-11-4-2-3-5-13(11)15)9-14(17)12-6-7-18-10-12/h2-5,12,14,17H,6-10H2,1H3. The molecule has 3 nitrogen and oxygen atoms in total. The monoisotopic (exact) mass is 253 g/mol. The number of nitrogens with zero attached hydrogens (tertiary/aromatic N) is 1. The number of aliphatic hydroxyl groups excluding tert-OH is 1. The quantitative estimate of drug-likeness (QED) is 0.866. The Morgan fingerprint density at radius 2 is 2.28 bits per heavy atom. The Bertz CT molecular complexity index is 380. The second kappa shape index (κ2) is 6.27. The molecule has 0 aromatic heterocycles. The summed E-state index contributed by atoms with van der Waals surface area (Å²) >= 11 is 0. The first-order valence-electron chi connectivity index (χ1n) is 6.34. The summed E-state index contributed by atoms with van der Waals surface area (Å²) in [7, 11) is 1.89. The summed E-state index contributed by atoms with van der Waals surface area (Å²) in [5, 5.41) is 10.1. The van der Waals surface area contributed by atoms with Crippen LogP contribution >= 0.6 is 0 Å². The smallest absolute Gasteiger partial charge is 0.127 e. The van der Waals surface area contributed by atoms with Gasteiger partial charge in [-0.1, -0.05) is 18.2 Å². The fourth-order valence-electron chi connectivity index (χ4n) is 2.31. The maximum Gasteiger partial charge on any atom is 0.127 e. The van der Waals surface area contributed by atoms with Gasteiger partial charge in [0.25, 0.3) is 0 Å². The number of ether oxygens (including phenoxy) is 1. The molecule has 0 spiro atoms. The Labute approximate surface area is 107 Å². The number of aliphatic hydroxyl groups is 1. The van der Waals surface area contributed by atoms with E-state index in [2.05, 4.69) is 0 Å². The lowest BCUT2D eigenvalue weighted by Crippen LogP contribution is -2.34. The van der Waals surface area contributed by atoms with Gasteiger partial charge in [0.2, 0.25) is 0 Å². The van der Waals surface area contributed by atoms with Crippen LogP contribution in [0.25, 0.3) is 0 Å². The van der Waals surface area contributed by atoms with Crippen molar-refractivity contribution in [1.82, 2.24) is 4.90 Å². The highest BCUT2D eigenvalue weighted by Crippen LogP contribution is 2.18. The van der Waals surface area contributed by atoms with Crippen molar-refractivity contribution in [3.05, 3.63) is 35.6 Å². The first-order chi connectivity index (χ1) is 8.66. The molecule has 1 aromatic carbocycles. The molecule has 100 valence electrons. The zero-order valence-electron chi connectivity index (χ0n) is 10.7. The summed E-state index contributed by atoms with van der Waals surface area (Å²) in [5.41, 5.74) is 0.662. The van der Waals surface area contributed by atoms with Crippen molar-refractivity contribution >= 4 is 0 Å².